The van der Waals surface area contributed by atoms with E-state index in [0.29, 0.717) is 16.8 Å². The summed E-state index contributed by atoms with van der Waals surface area (Å²) in [6.07, 6.45) is -4.42. The van der Waals surface area contributed by atoms with E-state index in [1.54, 1.807) is 0 Å². The van der Waals surface area contributed by atoms with Gasteiger partial charge in [0, 0.05) is 17.0 Å². The lowest BCUT2D eigenvalue weighted by atomic mass is 10.1. The van der Waals surface area contributed by atoms with Crippen LogP contribution in [0.25, 0.3) is 11.4 Å². The molecule has 3 rings (SSSR count). The van der Waals surface area contributed by atoms with Gasteiger partial charge >= 0.3 is 6.18 Å². The Morgan fingerprint density at radius 2 is 2.04 bits per heavy atom. The van der Waals surface area contributed by atoms with Gasteiger partial charge in [-0.3, -0.25) is 4.90 Å². The summed E-state index contributed by atoms with van der Waals surface area (Å²) in [6.45, 7) is 2.53. The molecular weight excluding hydrogens is 387 g/mol. The first-order chi connectivity index (χ1) is 12.2. The molecule has 26 heavy (non-hydrogen) atoms. The summed E-state index contributed by atoms with van der Waals surface area (Å²) in [7, 11) is 1.90. The molecule has 0 radical (unpaired) electrons. The molecule has 0 N–H and O–H groups in total. The van der Waals surface area contributed by atoms with Crippen LogP contribution in [-0.4, -0.2) is 22.1 Å². The molecule has 1 aromatic carbocycles. The zero-order valence-electron chi connectivity index (χ0n) is 13.9. The molecule has 9 heteroatoms. The highest BCUT2D eigenvalue weighted by atomic mass is 35.5. The number of thiophene rings is 1. The van der Waals surface area contributed by atoms with Crippen molar-refractivity contribution < 1.29 is 17.7 Å². The van der Waals surface area contributed by atoms with E-state index < -0.39 is 11.7 Å². The molecule has 138 valence electrons. The van der Waals surface area contributed by atoms with Crippen molar-refractivity contribution in [2.24, 2.45) is 0 Å². The third-order valence-electron chi connectivity index (χ3n) is 3.94. The molecule has 0 fully saturated rings. The van der Waals surface area contributed by atoms with E-state index in [4.69, 9.17) is 16.1 Å². The number of rotatable bonds is 5. The molecule has 0 aliphatic carbocycles. The van der Waals surface area contributed by atoms with Gasteiger partial charge in [0.25, 0.3) is 0 Å². The maximum absolute atomic E-state index is 12.9. The van der Waals surface area contributed by atoms with E-state index in [0.717, 1.165) is 17.0 Å². The first kappa shape index (κ1) is 18.9. The lowest BCUT2D eigenvalue weighted by Gasteiger charge is -2.20. The molecule has 0 amide bonds. The largest absolute Gasteiger partial charge is 0.416 e. The number of nitrogens with zero attached hydrogens (tertiary/aromatic N) is 3. The van der Waals surface area contributed by atoms with Crippen LogP contribution in [0.5, 0.6) is 0 Å². The van der Waals surface area contributed by atoms with Gasteiger partial charge in [0.1, 0.15) is 0 Å². The molecule has 2 aromatic heterocycles. The van der Waals surface area contributed by atoms with E-state index in [-0.39, 0.29) is 17.4 Å². The van der Waals surface area contributed by atoms with Crippen LogP contribution in [0, 0.1) is 0 Å². The molecule has 4 nitrogen and oxygen atoms in total. The highest BCUT2D eigenvalue weighted by Crippen LogP contribution is 2.32. The second-order valence-electron chi connectivity index (χ2n) is 5.83. The minimum absolute atomic E-state index is 0.130. The van der Waals surface area contributed by atoms with Crippen molar-refractivity contribution in [1.29, 1.82) is 0 Å². The molecule has 0 aliphatic rings. The van der Waals surface area contributed by atoms with Crippen LogP contribution in [0.15, 0.2) is 40.9 Å². The highest BCUT2D eigenvalue weighted by Gasteiger charge is 2.31. The Labute approximate surface area is 157 Å². The SMILES string of the molecule is CC(c1nc(-c2cccc(C(F)(F)F)c2)no1)N(C)Cc1ccc(Cl)s1. The third-order valence-corrected chi connectivity index (χ3v) is 5.16. The summed E-state index contributed by atoms with van der Waals surface area (Å²) >= 11 is 7.42. The molecule has 0 bridgehead atoms. The number of hydrogen-bond acceptors (Lipinski definition) is 5. The number of hydrogen-bond donors (Lipinski definition) is 0. The number of aromatic nitrogens is 2. The van der Waals surface area contributed by atoms with Crippen molar-refractivity contribution in [3.05, 3.63) is 57.1 Å². The van der Waals surface area contributed by atoms with Gasteiger partial charge in [-0.05, 0) is 38.2 Å². The van der Waals surface area contributed by atoms with E-state index in [2.05, 4.69) is 10.1 Å². The molecule has 3 aromatic rings. The van der Waals surface area contributed by atoms with Gasteiger partial charge in [-0.25, -0.2) is 0 Å². The average Bonchev–Trinajstić information content (AvgIpc) is 3.23. The van der Waals surface area contributed by atoms with Gasteiger partial charge in [0.15, 0.2) is 0 Å². The number of halogens is 4. The van der Waals surface area contributed by atoms with Gasteiger partial charge in [-0.1, -0.05) is 28.9 Å². The van der Waals surface area contributed by atoms with Crippen molar-refractivity contribution in [3.8, 4) is 11.4 Å². The van der Waals surface area contributed by atoms with Crippen molar-refractivity contribution >= 4 is 22.9 Å². The van der Waals surface area contributed by atoms with Crippen LogP contribution >= 0.6 is 22.9 Å². The van der Waals surface area contributed by atoms with Gasteiger partial charge < -0.3 is 4.52 Å². The molecule has 0 saturated carbocycles. The van der Waals surface area contributed by atoms with Crippen molar-refractivity contribution in [2.75, 3.05) is 7.05 Å². The Bertz CT molecular complexity index is 893. The van der Waals surface area contributed by atoms with Gasteiger partial charge in [0.2, 0.25) is 11.7 Å². The Morgan fingerprint density at radius 1 is 1.27 bits per heavy atom. The lowest BCUT2D eigenvalue weighted by Crippen LogP contribution is -2.21. The Balaban J connectivity index is 1.76. The predicted molar refractivity (Wildman–Crippen MR) is 93.9 cm³/mol. The van der Waals surface area contributed by atoms with Crippen LogP contribution in [0.2, 0.25) is 4.34 Å². The minimum atomic E-state index is -4.42. The molecule has 1 atom stereocenters. The summed E-state index contributed by atoms with van der Waals surface area (Å²) in [5, 5.41) is 3.83. The fourth-order valence-corrected chi connectivity index (χ4v) is 3.52. The number of alkyl halides is 3. The molecule has 1 unspecified atom stereocenters. The second-order valence-corrected chi connectivity index (χ2v) is 7.63. The van der Waals surface area contributed by atoms with Crippen LogP contribution in [0.4, 0.5) is 13.2 Å². The van der Waals surface area contributed by atoms with Gasteiger partial charge in [0.05, 0.1) is 15.9 Å². The quantitative estimate of drug-likeness (QED) is 0.553. The Kier molecular flexibility index (Phi) is 5.36. The standard InChI is InChI=1S/C17H15ClF3N3OS/c1-10(24(2)9-13-6-7-14(18)26-13)16-22-15(23-25-16)11-4-3-5-12(8-11)17(19,20)21/h3-8,10H,9H2,1-2H3. The minimum Gasteiger partial charge on any atom is -0.337 e. The summed E-state index contributed by atoms with van der Waals surface area (Å²) in [4.78, 5) is 7.34. The topological polar surface area (TPSA) is 42.2 Å². The van der Waals surface area contributed by atoms with E-state index in [1.807, 2.05) is 31.0 Å². The fourth-order valence-electron chi connectivity index (χ4n) is 2.36. The lowest BCUT2D eigenvalue weighted by molar-refractivity contribution is -0.137. The molecular formula is C17H15ClF3N3OS. The van der Waals surface area contributed by atoms with Gasteiger partial charge in [-0.15, -0.1) is 11.3 Å². The van der Waals surface area contributed by atoms with Gasteiger partial charge in [-0.2, -0.15) is 18.2 Å². The summed E-state index contributed by atoms with van der Waals surface area (Å²) < 4.78 is 44.5. The van der Waals surface area contributed by atoms with E-state index in [1.165, 1.54) is 23.5 Å². The zero-order chi connectivity index (χ0) is 18.9. The summed E-state index contributed by atoms with van der Waals surface area (Å²) in [5.41, 5.74) is -0.490. The van der Waals surface area contributed by atoms with Crippen LogP contribution in [0.1, 0.15) is 29.3 Å². The maximum atomic E-state index is 12.9. The number of benzene rings is 1. The average molecular weight is 402 g/mol. The normalized spacial score (nSPS) is 13.3. The highest BCUT2D eigenvalue weighted by molar-refractivity contribution is 7.16. The van der Waals surface area contributed by atoms with E-state index >= 15 is 0 Å². The molecule has 0 aliphatic heterocycles. The summed E-state index contributed by atoms with van der Waals surface area (Å²) in [6, 6.07) is 8.43. The first-order valence-corrected chi connectivity index (χ1v) is 8.89. The Hall–Kier alpha value is -1.90. The first-order valence-electron chi connectivity index (χ1n) is 7.69. The fraction of sp³-hybridized carbons (Fsp3) is 0.294. The predicted octanol–water partition coefficient (Wildman–Crippen LogP) is 5.66. The van der Waals surface area contributed by atoms with Crippen molar-refractivity contribution in [3.63, 3.8) is 0 Å². The monoisotopic (exact) mass is 401 g/mol. The third kappa shape index (κ3) is 4.25. The molecule has 0 spiro atoms. The van der Waals surface area contributed by atoms with Crippen LogP contribution < -0.4 is 0 Å². The van der Waals surface area contributed by atoms with Crippen LogP contribution in [0.3, 0.4) is 0 Å². The van der Waals surface area contributed by atoms with E-state index in [9.17, 15) is 13.2 Å². The maximum Gasteiger partial charge on any atom is 0.416 e. The van der Waals surface area contributed by atoms with Crippen LogP contribution in [-0.2, 0) is 12.7 Å². The smallest absolute Gasteiger partial charge is 0.337 e. The Morgan fingerprint density at radius 3 is 2.69 bits per heavy atom. The second kappa shape index (κ2) is 7.38. The molecule has 2 heterocycles. The van der Waals surface area contributed by atoms with Crippen molar-refractivity contribution in [2.45, 2.75) is 25.7 Å². The zero-order valence-corrected chi connectivity index (χ0v) is 15.5. The molecule has 0 saturated heterocycles. The summed E-state index contributed by atoms with van der Waals surface area (Å²) in [5.74, 6) is 0.466. The van der Waals surface area contributed by atoms with Crippen molar-refractivity contribution in [1.82, 2.24) is 15.0 Å².